The van der Waals surface area contributed by atoms with E-state index in [2.05, 4.69) is 37.3 Å². The lowest BCUT2D eigenvalue weighted by molar-refractivity contribution is 0.359. The highest BCUT2D eigenvalue weighted by Gasteiger charge is 2.68. The minimum absolute atomic E-state index is 0.101. The third kappa shape index (κ3) is 2.91. The Morgan fingerprint density at radius 1 is 1.04 bits per heavy atom. The van der Waals surface area contributed by atoms with Gasteiger partial charge in [0.25, 0.3) is 10.0 Å². The Bertz CT molecular complexity index is 950. The predicted octanol–water partition coefficient (Wildman–Crippen LogP) is 5.03. The molecule has 0 spiro atoms. The molecule has 2 aromatic carbocycles. The van der Waals surface area contributed by atoms with Crippen LogP contribution in [0.25, 0.3) is 0 Å². The molecular weight excluding hydrogens is 354 g/mol. The summed E-state index contributed by atoms with van der Waals surface area (Å²) in [6.45, 7) is 4.70. The highest BCUT2D eigenvalue weighted by Crippen LogP contribution is 2.70. The van der Waals surface area contributed by atoms with Crippen LogP contribution in [-0.4, -0.2) is 19.3 Å². The van der Waals surface area contributed by atoms with Gasteiger partial charge in [0.1, 0.15) is 0 Å². The van der Waals surface area contributed by atoms with Crippen LogP contribution in [-0.2, 0) is 15.4 Å². The fourth-order valence-electron chi connectivity index (χ4n) is 4.62. The quantitative estimate of drug-likeness (QED) is 0.704. The Hall–Kier alpha value is -2.07. The molecule has 2 unspecified atom stereocenters. The van der Waals surface area contributed by atoms with Crippen molar-refractivity contribution in [3.05, 3.63) is 78.0 Å². The first-order valence-corrected chi connectivity index (χ1v) is 11.2. The van der Waals surface area contributed by atoms with E-state index in [9.17, 15) is 8.42 Å². The monoisotopic (exact) mass is 381 g/mol. The van der Waals surface area contributed by atoms with E-state index in [1.165, 1.54) is 12.0 Å². The van der Waals surface area contributed by atoms with Gasteiger partial charge in [-0.1, -0.05) is 73.9 Å². The van der Waals surface area contributed by atoms with Gasteiger partial charge in [0.2, 0.25) is 0 Å². The van der Waals surface area contributed by atoms with Crippen LogP contribution in [0.3, 0.4) is 0 Å². The number of rotatable bonds is 6. The standard InChI is InChI=1S/C23H27NO2S/c1-3-4-14-22-15-16-24(27(25,26)21-12-10-19(2)11-13-21)18-23(22,17-22)20-8-6-5-7-9-20/h5-13,15-16H,3-4,14,17-18H2,1-2H3. The number of benzene rings is 2. The summed E-state index contributed by atoms with van der Waals surface area (Å²) in [5.74, 6) is 0. The Morgan fingerprint density at radius 3 is 2.41 bits per heavy atom. The van der Waals surface area contributed by atoms with Gasteiger partial charge in [-0.15, -0.1) is 0 Å². The number of hydrogen-bond acceptors (Lipinski definition) is 2. The summed E-state index contributed by atoms with van der Waals surface area (Å²) < 4.78 is 28.0. The van der Waals surface area contributed by atoms with Crippen LogP contribution < -0.4 is 0 Å². The molecule has 1 aliphatic heterocycles. The maximum atomic E-state index is 13.2. The molecule has 4 heteroatoms. The van der Waals surface area contributed by atoms with E-state index in [-0.39, 0.29) is 10.8 Å². The summed E-state index contributed by atoms with van der Waals surface area (Å²) in [5, 5.41) is 0. The van der Waals surface area contributed by atoms with Crippen LogP contribution >= 0.6 is 0 Å². The third-order valence-electron chi connectivity index (χ3n) is 6.36. The number of aryl methyl sites for hydroxylation is 1. The third-order valence-corrected chi connectivity index (χ3v) is 8.10. The van der Waals surface area contributed by atoms with E-state index >= 15 is 0 Å². The van der Waals surface area contributed by atoms with Crippen molar-refractivity contribution in [2.75, 3.05) is 6.54 Å². The van der Waals surface area contributed by atoms with E-state index in [4.69, 9.17) is 0 Å². The minimum atomic E-state index is -3.53. The summed E-state index contributed by atoms with van der Waals surface area (Å²) in [6, 6.07) is 17.6. The van der Waals surface area contributed by atoms with Gasteiger partial charge >= 0.3 is 0 Å². The molecule has 1 aliphatic carbocycles. The van der Waals surface area contributed by atoms with Crippen molar-refractivity contribution in [1.29, 1.82) is 0 Å². The summed E-state index contributed by atoms with van der Waals surface area (Å²) in [4.78, 5) is 0.364. The molecule has 0 aromatic heterocycles. The zero-order valence-corrected chi connectivity index (χ0v) is 16.9. The van der Waals surface area contributed by atoms with Crippen molar-refractivity contribution < 1.29 is 8.42 Å². The number of hydrogen-bond donors (Lipinski definition) is 0. The van der Waals surface area contributed by atoms with Crippen molar-refractivity contribution in [1.82, 2.24) is 4.31 Å². The van der Waals surface area contributed by atoms with Crippen LogP contribution in [0.15, 0.2) is 71.8 Å². The second kappa shape index (κ2) is 6.52. The molecule has 1 saturated carbocycles. The van der Waals surface area contributed by atoms with Gasteiger partial charge in [-0.05, 0) is 37.5 Å². The van der Waals surface area contributed by atoms with Crippen LogP contribution in [0.4, 0.5) is 0 Å². The first-order valence-electron chi connectivity index (χ1n) is 9.77. The second-order valence-electron chi connectivity index (χ2n) is 8.06. The van der Waals surface area contributed by atoms with Gasteiger partial charge in [0.05, 0.1) is 4.90 Å². The van der Waals surface area contributed by atoms with E-state index < -0.39 is 10.0 Å². The summed E-state index contributed by atoms with van der Waals surface area (Å²) in [5.41, 5.74) is 2.32. The molecule has 0 N–H and O–H groups in total. The molecule has 142 valence electrons. The molecule has 2 aromatic rings. The highest BCUT2D eigenvalue weighted by molar-refractivity contribution is 7.89. The molecule has 4 rings (SSSR count). The molecule has 1 fully saturated rings. The summed E-state index contributed by atoms with van der Waals surface area (Å²) in [7, 11) is -3.53. The average molecular weight is 382 g/mol. The largest absolute Gasteiger partial charge is 0.273 e. The summed E-state index contributed by atoms with van der Waals surface area (Å²) in [6.07, 6.45) is 8.47. The lowest BCUT2D eigenvalue weighted by Crippen LogP contribution is -2.39. The molecule has 0 amide bonds. The maximum absolute atomic E-state index is 13.2. The Morgan fingerprint density at radius 2 is 1.74 bits per heavy atom. The number of sulfonamides is 1. The van der Waals surface area contributed by atoms with Crippen molar-refractivity contribution in [2.24, 2.45) is 5.41 Å². The summed E-state index contributed by atoms with van der Waals surface area (Å²) >= 11 is 0. The maximum Gasteiger partial charge on any atom is 0.263 e. The number of unbranched alkanes of at least 4 members (excludes halogenated alkanes) is 1. The minimum Gasteiger partial charge on any atom is -0.273 e. The van der Waals surface area contributed by atoms with Crippen molar-refractivity contribution in [3.8, 4) is 0 Å². The van der Waals surface area contributed by atoms with Gasteiger partial charge in [0.15, 0.2) is 0 Å². The molecule has 3 nitrogen and oxygen atoms in total. The molecule has 27 heavy (non-hydrogen) atoms. The fourth-order valence-corrected chi connectivity index (χ4v) is 5.98. The average Bonchev–Trinajstić information content (AvgIpc) is 3.37. The Kier molecular flexibility index (Phi) is 4.42. The van der Waals surface area contributed by atoms with Gasteiger partial charge < -0.3 is 0 Å². The molecule has 0 bridgehead atoms. The van der Waals surface area contributed by atoms with Crippen molar-refractivity contribution in [2.45, 2.75) is 49.8 Å². The number of allylic oxidation sites excluding steroid dienone is 1. The van der Waals surface area contributed by atoms with Crippen LogP contribution in [0, 0.1) is 12.3 Å². The van der Waals surface area contributed by atoms with Gasteiger partial charge in [-0.25, -0.2) is 8.42 Å². The molecule has 2 atom stereocenters. The van der Waals surface area contributed by atoms with E-state index in [1.807, 2.05) is 31.3 Å². The normalized spacial score (nSPS) is 26.7. The van der Waals surface area contributed by atoms with Gasteiger partial charge in [-0.3, -0.25) is 4.31 Å². The van der Waals surface area contributed by atoms with Crippen LogP contribution in [0.5, 0.6) is 0 Å². The van der Waals surface area contributed by atoms with E-state index in [1.54, 1.807) is 16.4 Å². The molecule has 0 radical (unpaired) electrons. The SMILES string of the molecule is CCCCC12C=CN(S(=O)(=O)c3ccc(C)cc3)CC1(c1ccccc1)C2. The Balaban J connectivity index is 1.71. The number of fused-ring (bicyclic) bond motifs is 1. The van der Waals surface area contributed by atoms with Gasteiger partial charge in [0, 0.05) is 23.6 Å². The van der Waals surface area contributed by atoms with Gasteiger partial charge in [-0.2, -0.15) is 0 Å². The first-order chi connectivity index (χ1) is 12.9. The molecule has 0 saturated heterocycles. The molecule has 2 aliphatic rings. The highest BCUT2D eigenvalue weighted by atomic mass is 32.2. The topological polar surface area (TPSA) is 37.4 Å². The molecular formula is C23H27NO2S. The van der Waals surface area contributed by atoms with E-state index in [0.717, 1.165) is 24.8 Å². The fraction of sp³-hybridized carbons (Fsp3) is 0.391. The zero-order valence-electron chi connectivity index (χ0n) is 16.1. The lowest BCUT2D eigenvalue weighted by Gasteiger charge is -2.34. The van der Waals surface area contributed by atoms with Crippen LogP contribution in [0.1, 0.15) is 43.7 Å². The Labute approximate surface area is 162 Å². The van der Waals surface area contributed by atoms with Crippen molar-refractivity contribution >= 4 is 10.0 Å². The van der Waals surface area contributed by atoms with E-state index in [0.29, 0.717) is 11.4 Å². The number of nitrogens with zero attached hydrogens (tertiary/aromatic N) is 1. The van der Waals surface area contributed by atoms with Crippen LogP contribution in [0.2, 0.25) is 0 Å². The predicted molar refractivity (Wildman–Crippen MR) is 109 cm³/mol. The molecule has 1 heterocycles. The smallest absolute Gasteiger partial charge is 0.263 e. The van der Waals surface area contributed by atoms with Crippen molar-refractivity contribution in [3.63, 3.8) is 0 Å². The second-order valence-corrected chi connectivity index (χ2v) is 9.95. The lowest BCUT2D eigenvalue weighted by atomic mass is 9.81. The first kappa shape index (κ1) is 18.3. The zero-order chi connectivity index (χ0) is 19.1.